The molecule has 0 saturated heterocycles. The minimum Gasteiger partial charge on any atom is -0.297 e. The monoisotopic (exact) mass is 205 g/mol. The second kappa shape index (κ2) is 4.80. The molecule has 0 atom stereocenters. The average Bonchev–Trinajstić information content (AvgIpc) is 2.17. The summed E-state index contributed by atoms with van der Waals surface area (Å²) in [5.74, 6) is 0. The van der Waals surface area contributed by atoms with Crippen LogP contribution in [0.3, 0.4) is 0 Å². The molecule has 84 valence electrons. The van der Waals surface area contributed by atoms with Crippen molar-refractivity contribution in [3.8, 4) is 0 Å². The van der Waals surface area contributed by atoms with Crippen LogP contribution in [0.1, 0.15) is 38.8 Å². The maximum atomic E-state index is 2.37. The van der Waals surface area contributed by atoms with Crippen molar-refractivity contribution < 1.29 is 0 Å². The Bertz CT molecular complexity index is 292. The van der Waals surface area contributed by atoms with E-state index in [4.69, 9.17) is 0 Å². The number of hydrogen-bond acceptors (Lipinski definition) is 1. The lowest BCUT2D eigenvalue weighted by Crippen LogP contribution is -2.37. The second-order valence-corrected chi connectivity index (χ2v) is 5.20. The van der Waals surface area contributed by atoms with E-state index in [2.05, 4.69) is 63.9 Å². The SMILES string of the molecule is CCc1ccc(CN(C)C(C)(C)C)cc1. The van der Waals surface area contributed by atoms with E-state index in [0.717, 1.165) is 13.0 Å². The highest BCUT2D eigenvalue weighted by molar-refractivity contribution is 5.22. The molecule has 0 saturated carbocycles. The third kappa shape index (κ3) is 3.67. The molecule has 1 aromatic rings. The lowest BCUT2D eigenvalue weighted by Gasteiger charge is -2.31. The molecule has 0 aliphatic carbocycles. The predicted molar refractivity (Wildman–Crippen MR) is 67.0 cm³/mol. The van der Waals surface area contributed by atoms with Gasteiger partial charge in [-0.05, 0) is 45.4 Å². The molecule has 0 bridgehead atoms. The van der Waals surface area contributed by atoms with E-state index < -0.39 is 0 Å². The number of rotatable bonds is 3. The molecule has 0 aliphatic rings. The van der Waals surface area contributed by atoms with Crippen molar-refractivity contribution in [3.63, 3.8) is 0 Å². The van der Waals surface area contributed by atoms with Crippen LogP contribution in [0.4, 0.5) is 0 Å². The highest BCUT2D eigenvalue weighted by Crippen LogP contribution is 2.15. The molecule has 0 N–H and O–H groups in total. The van der Waals surface area contributed by atoms with Crippen molar-refractivity contribution in [3.05, 3.63) is 35.4 Å². The first kappa shape index (κ1) is 12.3. The number of benzene rings is 1. The molecular formula is C14H23N. The Morgan fingerprint density at radius 1 is 1.00 bits per heavy atom. The van der Waals surface area contributed by atoms with Crippen LogP contribution in [0.2, 0.25) is 0 Å². The van der Waals surface area contributed by atoms with Gasteiger partial charge in [0, 0.05) is 12.1 Å². The van der Waals surface area contributed by atoms with Crippen molar-refractivity contribution in [1.29, 1.82) is 0 Å². The molecule has 15 heavy (non-hydrogen) atoms. The fourth-order valence-corrected chi connectivity index (χ4v) is 1.39. The molecule has 0 fully saturated rings. The van der Waals surface area contributed by atoms with Crippen LogP contribution < -0.4 is 0 Å². The van der Waals surface area contributed by atoms with Gasteiger partial charge < -0.3 is 0 Å². The maximum Gasteiger partial charge on any atom is 0.0235 e. The fourth-order valence-electron chi connectivity index (χ4n) is 1.39. The van der Waals surface area contributed by atoms with Crippen LogP contribution in [-0.2, 0) is 13.0 Å². The Hall–Kier alpha value is -0.820. The predicted octanol–water partition coefficient (Wildman–Crippen LogP) is 3.48. The molecule has 1 aromatic carbocycles. The summed E-state index contributed by atoms with van der Waals surface area (Å²) < 4.78 is 0. The fraction of sp³-hybridized carbons (Fsp3) is 0.571. The first-order chi connectivity index (χ1) is 6.93. The van der Waals surface area contributed by atoms with Gasteiger partial charge in [0.1, 0.15) is 0 Å². The molecule has 0 radical (unpaired) electrons. The van der Waals surface area contributed by atoms with Gasteiger partial charge in [0.05, 0.1) is 0 Å². The van der Waals surface area contributed by atoms with Gasteiger partial charge in [-0.25, -0.2) is 0 Å². The number of aryl methyl sites for hydroxylation is 1. The van der Waals surface area contributed by atoms with Gasteiger partial charge in [0.2, 0.25) is 0 Å². The lowest BCUT2D eigenvalue weighted by molar-refractivity contribution is 0.167. The van der Waals surface area contributed by atoms with Crippen molar-refractivity contribution in [2.45, 2.75) is 46.2 Å². The van der Waals surface area contributed by atoms with E-state index in [9.17, 15) is 0 Å². The van der Waals surface area contributed by atoms with Crippen LogP contribution >= 0.6 is 0 Å². The van der Waals surface area contributed by atoms with Gasteiger partial charge in [-0.1, -0.05) is 31.2 Å². The molecule has 0 aliphatic heterocycles. The van der Waals surface area contributed by atoms with E-state index in [0.29, 0.717) is 0 Å². The van der Waals surface area contributed by atoms with Crippen molar-refractivity contribution >= 4 is 0 Å². The van der Waals surface area contributed by atoms with Crippen molar-refractivity contribution in [2.75, 3.05) is 7.05 Å². The molecule has 0 spiro atoms. The number of nitrogens with zero attached hydrogens (tertiary/aromatic N) is 1. The summed E-state index contributed by atoms with van der Waals surface area (Å²) in [5, 5.41) is 0. The van der Waals surface area contributed by atoms with E-state index in [1.54, 1.807) is 0 Å². The summed E-state index contributed by atoms with van der Waals surface area (Å²) >= 11 is 0. The summed E-state index contributed by atoms with van der Waals surface area (Å²) in [6, 6.07) is 8.93. The summed E-state index contributed by atoms with van der Waals surface area (Å²) in [6.07, 6.45) is 1.12. The highest BCUT2D eigenvalue weighted by Gasteiger charge is 2.16. The van der Waals surface area contributed by atoms with Gasteiger partial charge in [0.15, 0.2) is 0 Å². The molecule has 1 nitrogen and oxygen atoms in total. The zero-order chi connectivity index (χ0) is 11.5. The van der Waals surface area contributed by atoms with Gasteiger partial charge in [-0.15, -0.1) is 0 Å². The number of hydrogen-bond donors (Lipinski definition) is 0. The molecule has 0 aromatic heterocycles. The van der Waals surface area contributed by atoms with Crippen molar-refractivity contribution in [1.82, 2.24) is 4.90 Å². The molecule has 0 unspecified atom stereocenters. The zero-order valence-electron chi connectivity index (χ0n) is 10.7. The molecule has 1 heteroatoms. The molecule has 0 amide bonds. The Labute approximate surface area is 94.1 Å². The Morgan fingerprint density at radius 3 is 1.87 bits per heavy atom. The van der Waals surface area contributed by atoms with Gasteiger partial charge >= 0.3 is 0 Å². The highest BCUT2D eigenvalue weighted by atomic mass is 15.1. The standard InChI is InChI=1S/C14H23N/c1-6-12-7-9-13(10-8-12)11-15(5)14(2,3)4/h7-10H,6,11H2,1-5H3. The summed E-state index contributed by atoms with van der Waals surface area (Å²) in [7, 11) is 2.17. The van der Waals surface area contributed by atoms with Gasteiger partial charge in [0.25, 0.3) is 0 Å². The summed E-state index contributed by atoms with van der Waals surface area (Å²) in [6.45, 7) is 9.94. The van der Waals surface area contributed by atoms with Crippen LogP contribution in [0.5, 0.6) is 0 Å². The third-order valence-electron chi connectivity index (χ3n) is 3.00. The van der Waals surface area contributed by atoms with Crippen LogP contribution in [0.25, 0.3) is 0 Å². The average molecular weight is 205 g/mol. The van der Waals surface area contributed by atoms with Gasteiger partial charge in [-0.2, -0.15) is 0 Å². The first-order valence-corrected chi connectivity index (χ1v) is 5.72. The largest absolute Gasteiger partial charge is 0.297 e. The van der Waals surface area contributed by atoms with E-state index >= 15 is 0 Å². The normalized spacial score (nSPS) is 12.1. The van der Waals surface area contributed by atoms with E-state index in [-0.39, 0.29) is 5.54 Å². The Kier molecular flexibility index (Phi) is 3.92. The second-order valence-electron chi connectivity index (χ2n) is 5.20. The van der Waals surface area contributed by atoms with Gasteiger partial charge in [-0.3, -0.25) is 4.90 Å². The van der Waals surface area contributed by atoms with E-state index in [1.165, 1.54) is 11.1 Å². The summed E-state index contributed by atoms with van der Waals surface area (Å²) in [4.78, 5) is 2.37. The molecular weight excluding hydrogens is 182 g/mol. The minimum absolute atomic E-state index is 0.240. The lowest BCUT2D eigenvalue weighted by atomic mass is 10.0. The molecule has 1 rings (SSSR count). The Balaban J connectivity index is 2.65. The quantitative estimate of drug-likeness (QED) is 0.730. The van der Waals surface area contributed by atoms with Crippen LogP contribution in [0, 0.1) is 0 Å². The maximum absolute atomic E-state index is 2.37. The minimum atomic E-state index is 0.240. The third-order valence-corrected chi connectivity index (χ3v) is 3.00. The van der Waals surface area contributed by atoms with Crippen molar-refractivity contribution in [2.24, 2.45) is 0 Å². The smallest absolute Gasteiger partial charge is 0.0235 e. The van der Waals surface area contributed by atoms with Crippen LogP contribution in [0.15, 0.2) is 24.3 Å². The Morgan fingerprint density at radius 2 is 1.47 bits per heavy atom. The first-order valence-electron chi connectivity index (χ1n) is 5.72. The summed E-state index contributed by atoms with van der Waals surface area (Å²) in [5.41, 5.74) is 3.05. The molecule has 0 heterocycles. The zero-order valence-corrected chi connectivity index (χ0v) is 10.7. The topological polar surface area (TPSA) is 3.24 Å². The van der Waals surface area contributed by atoms with E-state index in [1.807, 2.05) is 0 Å². The van der Waals surface area contributed by atoms with Crippen LogP contribution in [-0.4, -0.2) is 17.5 Å².